The van der Waals surface area contributed by atoms with Crippen LogP contribution in [0.25, 0.3) is 0 Å². The SMILES string of the molecule is CC(=O)N(CC(=O)NC1CC1)c1c(C(C)C)cccc1C(C)C. The monoisotopic (exact) mass is 316 g/mol. The lowest BCUT2D eigenvalue weighted by Gasteiger charge is -2.29. The Labute approximate surface area is 139 Å². The van der Waals surface area contributed by atoms with Crippen molar-refractivity contribution in [2.45, 2.75) is 65.3 Å². The minimum absolute atomic E-state index is 0.0732. The van der Waals surface area contributed by atoms with Crippen LogP contribution in [-0.2, 0) is 9.59 Å². The van der Waals surface area contributed by atoms with Crippen molar-refractivity contribution in [3.63, 3.8) is 0 Å². The molecule has 1 N–H and O–H groups in total. The first-order valence-corrected chi connectivity index (χ1v) is 8.51. The van der Waals surface area contributed by atoms with Crippen LogP contribution in [0.3, 0.4) is 0 Å². The summed E-state index contributed by atoms with van der Waals surface area (Å²) in [6.07, 6.45) is 2.09. The Balaban J connectivity index is 2.39. The van der Waals surface area contributed by atoms with Gasteiger partial charge in [0.25, 0.3) is 0 Å². The first-order chi connectivity index (χ1) is 10.8. The van der Waals surface area contributed by atoms with Gasteiger partial charge in [0, 0.05) is 13.0 Å². The van der Waals surface area contributed by atoms with Crippen LogP contribution in [0.1, 0.15) is 70.4 Å². The number of rotatable bonds is 6. The summed E-state index contributed by atoms with van der Waals surface area (Å²) >= 11 is 0. The normalized spacial score (nSPS) is 14.2. The number of amides is 2. The summed E-state index contributed by atoms with van der Waals surface area (Å²) < 4.78 is 0. The second-order valence-electron chi connectivity index (χ2n) is 7.04. The van der Waals surface area contributed by atoms with Gasteiger partial charge in [-0.1, -0.05) is 45.9 Å². The molecular formula is C19H28N2O2. The summed E-state index contributed by atoms with van der Waals surface area (Å²) in [7, 11) is 0. The van der Waals surface area contributed by atoms with Crippen molar-refractivity contribution in [2.24, 2.45) is 0 Å². The number of nitrogens with one attached hydrogen (secondary N) is 1. The van der Waals surface area contributed by atoms with E-state index in [4.69, 9.17) is 0 Å². The summed E-state index contributed by atoms with van der Waals surface area (Å²) in [6, 6.07) is 6.46. The lowest BCUT2D eigenvalue weighted by molar-refractivity contribution is -0.123. The molecule has 2 amide bonds. The van der Waals surface area contributed by atoms with Gasteiger partial charge in [0.15, 0.2) is 0 Å². The smallest absolute Gasteiger partial charge is 0.240 e. The molecule has 1 aromatic rings. The second-order valence-corrected chi connectivity index (χ2v) is 7.04. The van der Waals surface area contributed by atoms with Gasteiger partial charge in [0.2, 0.25) is 11.8 Å². The molecule has 0 spiro atoms. The third-order valence-corrected chi connectivity index (χ3v) is 4.24. The van der Waals surface area contributed by atoms with Gasteiger partial charge in [0.05, 0.1) is 5.69 Å². The van der Waals surface area contributed by atoms with Crippen molar-refractivity contribution in [1.82, 2.24) is 5.32 Å². The Morgan fingerprint density at radius 1 is 1.13 bits per heavy atom. The van der Waals surface area contributed by atoms with Gasteiger partial charge < -0.3 is 10.2 Å². The molecule has 0 heterocycles. The largest absolute Gasteiger partial charge is 0.352 e. The lowest BCUT2D eigenvalue weighted by Crippen LogP contribution is -2.41. The van der Waals surface area contributed by atoms with Crippen molar-refractivity contribution in [1.29, 1.82) is 0 Å². The molecule has 0 saturated heterocycles. The summed E-state index contributed by atoms with van der Waals surface area (Å²) in [5, 5.41) is 2.97. The molecule has 0 radical (unpaired) electrons. The molecular weight excluding hydrogens is 288 g/mol. The number of hydrogen-bond donors (Lipinski definition) is 1. The van der Waals surface area contributed by atoms with E-state index in [0.29, 0.717) is 6.04 Å². The first-order valence-electron chi connectivity index (χ1n) is 8.51. The number of hydrogen-bond acceptors (Lipinski definition) is 2. The quantitative estimate of drug-likeness (QED) is 0.872. The topological polar surface area (TPSA) is 49.4 Å². The zero-order valence-corrected chi connectivity index (χ0v) is 14.8. The Kier molecular flexibility index (Phi) is 5.45. The van der Waals surface area contributed by atoms with Crippen LogP contribution in [0.2, 0.25) is 0 Å². The summed E-state index contributed by atoms with van der Waals surface area (Å²) in [5.74, 6) is 0.413. The number of benzene rings is 1. The molecule has 0 aromatic heterocycles. The molecule has 23 heavy (non-hydrogen) atoms. The van der Waals surface area contributed by atoms with Gasteiger partial charge in [-0.15, -0.1) is 0 Å². The van der Waals surface area contributed by atoms with Crippen LogP contribution in [0.15, 0.2) is 18.2 Å². The van der Waals surface area contributed by atoms with E-state index in [-0.39, 0.29) is 30.2 Å². The fourth-order valence-corrected chi connectivity index (χ4v) is 2.82. The number of para-hydroxylation sites is 1. The maximum Gasteiger partial charge on any atom is 0.240 e. The highest BCUT2D eigenvalue weighted by atomic mass is 16.2. The number of carbonyl (C=O) groups excluding carboxylic acids is 2. The van der Waals surface area contributed by atoms with Crippen LogP contribution in [-0.4, -0.2) is 24.4 Å². The van der Waals surface area contributed by atoms with Gasteiger partial charge in [-0.2, -0.15) is 0 Å². The highest BCUT2D eigenvalue weighted by Gasteiger charge is 2.27. The van der Waals surface area contributed by atoms with E-state index in [1.807, 2.05) is 6.07 Å². The highest BCUT2D eigenvalue weighted by Crippen LogP contribution is 2.35. The van der Waals surface area contributed by atoms with Gasteiger partial charge >= 0.3 is 0 Å². The van der Waals surface area contributed by atoms with Gasteiger partial charge in [-0.3, -0.25) is 9.59 Å². The van der Waals surface area contributed by atoms with E-state index in [1.54, 1.807) is 4.90 Å². The molecule has 0 atom stereocenters. The molecule has 2 rings (SSSR count). The van der Waals surface area contributed by atoms with E-state index in [0.717, 1.165) is 29.7 Å². The first kappa shape index (κ1) is 17.5. The Morgan fingerprint density at radius 3 is 2.04 bits per heavy atom. The van der Waals surface area contributed by atoms with Crippen molar-refractivity contribution < 1.29 is 9.59 Å². The summed E-state index contributed by atoms with van der Waals surface area (Å²) in [6.45, 7) is 10.1. The molecule has 126 valence electrons. The Morgan fingerprint density at radius 2 is 1.65 bits per heavy atom. The number of carbonyl (C=O) groups is 2. The van der Waals surface area contributed by atoms with E-state index in [9.17, 15) is 9.59 Å². The minimum atomic E-state index is -0.0917. The predicted octanol–water partition coefficient (Wildman–Crippen LogP) is 3.56. The van der Waals surface area contributed by atoms with Crippen LogP contribution in [0.5, 0.6) is 0 Å². The van der Waals surface area contributed by atoms with Crippen LogP contribution >= 0.6 is 0 Å². The van der Waals surface area contributed by atoms with Crippen molar-refractivity contribution >= 4 is 17.5 Å². The molecule has 0 unspecified atom stereocenters. The van der Waals surface area contributed by atoms with E-state index < -0.39 is 0 Å². The molecule has 1 saturated carbocycles. The third kappa shape index (κ3) is 4.34. The molecule has 4 nitrogen and oxygen atoms in total. The fourth-order valence-electron chi connectivity index (χ4n) is 2.82. The van der Waals surface area contributed by atoms with Gasteiger partial charge in [-0.05, 0) is 35.8 Å². The second kappa shape index (κ2) is 7.16. The maximum atomic E-state index is 12.3. The lowest BCUT2D eigenvalue weighted by atomic mass is 9.91. The van der Waals surface area contributed by atoms with E-state index in [2.05, 4.69) is 45.1 Å². The number of anilines is 1. The van der Waals surface area contributed by atoms with Crippen LogP contribution < -0.4 is 10.2 Å². The predicted molar refractivity (Wildman–Crippen MR) is 93.8 cm³/mol. The Bertz CT molecular complexity index is 563. The summed E-state index contributed by atoms with van der Waals surface area (Å²) in [5.41, 5.74) is 3.15. The molecule has 0 bridgehead atoms. The summed E-state index contributed by atoms with van der Waals surface area (Å²) in [4.78, 5) is 26.2. The molecule has 1 aliphatic rings. The van der Waals surface area contributed by atoms with Crippen molar-refractivity contribution in [3.05, 3.63) is 29.3 Å². The van der Waals surface area contributed by atoms with Crippen LogP contribution in [0.4, 0.5) is 5.69 Å². The average molecular weight is 316 g/mol. The number of nitrogens with zero attached hydrogens (tertiary/aromatic N) is 1. The van der Waals surface area contributed by atoms with Crippen molar-refractivity contribution in [2.75, 3.05) is 11.4 Å². The fraction of sp³-hybridized carbons (Fsp3) is 0.579. The molecule has 0 aliphatic heterocycles. The zero-order valence-electron chi connectivity index (χ0n) is 14.8. The highest BCUT2D eigenvalue weighted by molar-refractivity contribution is 5.99. The molecule has 1 aromatic carbocycles. The van der Waals surface area contributed by atoms with E-state index in [1.165, 1.54) is 6.92 Å². The average Bonchev–Trinajstić information content (AvgIpc) is 3.27. The third-order valence-electron chi connectivity index (χ3n) is 4.24. The van der Waals surface area contributed by atoms with Gasteiger partial charge in [-0.25, -0.2) is 0 Å². The minimum Gasteiger partial charge on any atom is -0.352 e. The molecule has 1 fully saturated rings. The maximum absolute atomic E-state index is 12.3. The van der Waals surface area contributed by atoms with Gasteiger partial charge in [0.1, 0.15) is 6.54 Å². The standard InChI is InChI=1S/C19H28N2O2/c1-12(2)16-7-6-8-17(13(3)4)19(16)21(14(5)22)11-18(23)20-15-9-10-15/h6-8,12-13,15H,9-11H2,1-5H3,(H,20,23). The molecule has 4 heteroatoms. The zero-order chi connectivity index (χ0) is 17.1. The van der Waals surface area contributed by atoms with E-state index >= 15 is 0 Å². The Hall–Kier alpha value is -1.84. The molecule has 1 aliphatic carbocycles. The van der Waals surface area contributed by atoms with Crippen molar-refractivity contribution in [3.8, 4) is 0 Å². The van der Waals surface area contributed by atoms with Crippen LogP contribution in [0, 0.1) is 0 Å².